The van der Waals surface area contributed by atoms with Gasteiger partial charge in [-0.15, -0.1) is 0 Å². The number of urea groups is 1. The number of methoxy groups -OCH3 is 1. The summed E-state index contributed by atoms with van der Waals surface area (Å²) in [6.45, 7) is 5.45. The summed E-state index contributed by atoms with van der Waals surface area (Å²) in [5, 5.41) is 3.03. The first-order valence-electron chi connectivity index (χ1n) is 8.50. The molecule has 23 heavy (non-hydrogen) atoms. The number of piperidine rings is 1. The fraction of sp³-hybridized carbons (Fsp3) is 0.611. The number of nitrogens with one attached hydrogen (secondary N) is 1. The second kappa shape index (κ2) is 8.77. The van der Waals surface area contributed by atoms with E-state index >= 15 is 0 Å². The summed E-state index contributed by atoms with van der Waals surface area (Å²) in [6.07, 6.45) is 2.98. The molecule has 5 heteroatoms. The first-order valence-corrected chi connectivity index (χ1v) is 8.50. The zero-order chi connectivity index (χ0) is 16.7. The molecule has 1 heterocycles. The van der Waals surface area contributed by atoms with Gasteiger partial charge < -0.3 is 19.9 Å². The molecule has 1 N–H and O–H groups in total. The lowest BCUT2D eigenvalue weighted by molar-refractivity contribution is 0.126. The maximum absolute atomic E-state index is 12.6. The van der Waals surface area contributed by atoms with Crippen LogP contribution in [0.4, 0.5) is 4.79 Å². The van der Waals surface area contributed by atoms with Gasteiger partial charge in [-0.25, -0.2) is 4.79 Å². The van der Waals surface area contributed by atoms with Crippen molar-refractivity contribution in [1.29, 1.82) is 0 Å². The van der Waals surface area contributed by atoms with Crippen LogP contribution < -0.4 is 10.1 Å². The van der Waals surface area contributed by atoms with Gasteiger partial charge in [0.25, 0.3) is 0 Å². The lowest BCUT2D eigenvalue weighted by Crippen LogP contribution is -2.49. The summed E-state index contributed by atoms with van der Waals surface area (Å²) in [7, 11) is 3.81. The molecule has 1 fully saturated rings. The monoisotopic (exact) mass is 319 g/mol. The van der Waals surface area contributed by atoms with Crippen molar-refractivity contribution in [2.24, 2.45) is 0 Å². The number of para-hydroxylation sites is 1. The number of benzene rings is 1. The van der Waals surface area contributed by atoms with Gasteiger partial charge in [0, 0.05) is 18.2 Å². The van der Waals surface area contributed by atoms with E-state index in [0.29, 0.717) is 13.1 Å². The molecule has 0 unspecified atom stereocenters. The summed E-state index contributed by atoms with van der Waals surface area (Å²) >= 11 is 0. The van der Waals surface area contributed by atoms with Crippen LogP contribution in [0.25, 0.3) is 0 Å². The van der Waals surface area contributed by atoms with Crippen molar-refractivity contribution in [3.8, 4) is 5.75 Å². The van der Waals surface area contributed by atoms with Crippen molar-refractivity contribution in [2.45, 2.75) is 38.8 Å². The highest BCUT2D eigenvalue weighted by Gasteiger charge is 2.27. The maximum Gasteiger partial charge on any atom is 0.317 e. The van der Waals surface area contributed by atoms with Crippen molar-refractivity contribution in [1.82, 2.24) is 15.1 Å². The molecule has 2 amide bonds. The molecule has 128 valence electrons. The number of nitrogens with zero attached hydrogens (tertiary/aromatic N) is 2. The van der Waals surface area contributed by atoms with Crippen LogP contribution in [0.1, 0.15) is 31.7 Å². The highest BCUT2D eigenvalue weighted by Crippen LogP contribution is 2.23. The molecule has 1 saturated heterocycles. The number of hydrogen-bond acceptors (Lipinski definition) is 3. The van der Waals surface area contributed by atoms with E-state index in [1.807, 2.05) is 29.2 Å². The summed E-state index contributed by atoms with van der Waals surface area (Å²) in [5.74, 6) is 0.841. The lowest BCUT2D eigenvalue weighted by Gasteiger charge is -2.37. The van der Waals surface area contributed by atoms with Crippen LogP contribution in [0, 0.1) is 0 Å². The van der Waals surface area contributed by atoms with Gasteiger partial charge in [-0.3, -0.25) is 0 Å². The van der Waals surface area contributed by atoms with Crippen LogP contribution in [-0.4, -0.2) is 55.7 Å². The second-order valence-corrected chi connectivity index (χ2v) is 6.21. The van der Waals surface area contributed by atoms with Gasteiger partial charge in [-0.1, -0.05) is 25.1 Å². The normalized spacial score (nSPS) is 16.1. The van der Waals surface area contributed by atoms with Gasteiger partial charge in [0.15, 0.2) is 0 Å². The van der Waals surface area contributed by atoms with Crippen molar-refractivity contribution in [3.63, 3.8) is 0 Å². The van der Waals surface area contributed by atoms with Crippen LogP contribution in [0.15, 0.2) is 24.3 Å². The van der Waals surface area contributed by atoms with Crippen LogP contribution in [0.3, 0.4) is 0 Å². The minimum Gasteiger partial charge on any atom is -0.496 e. The Morgan fingerprint density at radius 1 is 1.35 bits per heavy atom. The van der Waals surface area contributed by atoms with E-state index in [1.54, 1.807) is 7.11 Å². The van der Waals surface area contributed by atoms with E-state index in [-0.39, 0.29) is 12.1 Å². The molecule has 5 nitrogen and oxygen atoms in total. The molecule has 0 aliphatic carbocycles. The second-order valence-electron chi connectivity index (χ2n) is 6.21. The van der Waals surface area contributed by atoms with Crippen LogP contribution in [0.2, 0.25) is 0 Å². The molecule has 2 rings (SSSR count). The van der Waals surface area contributed by atoms with E-state index in [9.17, 15) is 4.79 Å². The van der Waals surface area contributed by atoms with E-state index in [1.165, 1.54) is 0 Å². The number of ether oxygens (including phenoxy) is 1. The summed E-state index contributed by atoms with van der Waals surface area (Å²) in [6, 6.07) is 8.26. The van der Waals surface area contributed by atoms with Gasteiger partial charge in [0.1, 0.15) is 5.75 Å². The van der Waals surface area contributed by atoms with Crippen molar-refractivity contribution in [3.05, 3.63) is 29.8 Å². The van der Waals surface area contributed by atoms with Crippen LogP contribution >= 0.6 is 0 Å². The number of carbonyl (C=O) groups excluding carboxylic acids is 1. The Morgan fingerprint density at radius 3 is 2.70 bits per heavy atom. The highest BCUT2D eigenvalue weighted by molar-refractivity contribution is 5.74. The topological polar surface area (TPSA) is 44.8 Å². The average Bonchev–Trinajstić information content (AvgIpc) is 2.58. The molecule has 1 aromatic carbocycles. The molecule has 0 spiro atoms. The molecule has 1 aliphatic heterocycles. The first kappa shape index (κ1) is 17.6. The number of hydrogen-bond donors (Lipinski definition) is 1. The molecule has 0 saturated carbocycles. The zero-order valence-electron chi connectivity index (χ0n) is 14.5. The van der Waals surface area contributed by atoms with Gasteiger partial charge >= 0.3 is 6.03 Å². The van der Waals surface area contributed by atoms with Crippen LogP contribution in [-0.2, 0) is 6.54 Å². The van der Waals surface area contributed by atoms with Crippen molar-refractivity contribution in [2.75, 3.05) is 33.8 Å². The molecule has 1 aliphatic rings. The minimum absolute atomic E-state index is 0.0345. The SMILES string of the molecule is CCCNC(=O)N(Cc1ccccc1OC)C1CCN(C)CC1. The van der Waals surface area contributed by atoms with E-state index in [4.69, 9.17) is 4.74 Å². The Hall–Kier alpha value is -1.75. The fourth-order valence-corrected chi connectivity index (χ4v) is 3.02. The average molecular weight is 319 g/mol. The standard InChI is InChI=1S/C18H29N3O2/c1-4-11-19-18(22)21(16-9-12-20(2)13-10-16)14-15-7-5-6-8-17(15)23-3/h5-8,16H,4,9-14H2,1-3H3,(H,19,22). The maximum atomic E-state index is 12.6. The molecule has 0 atom stereocenters. The molecular weight excluding hydrogens is 290 g/mol. The highest BCUT2D eigenvalue weighted by atomic mass is 16.5. The Bertz CT molecular complexity index is 499. The minimum atomic E-state index is 0.0345. The zero-order valence-corrected chi connectivity index (χ0v) is 14.5. The Morgan fingerprint density at radius 2 is 2.04 bits per heavy atom. The third-order valence-corrected chi connectivity index (χ3v) is 4.45. The van der Waals surface area contributed by atoms with Gasteiger partial charge in [-0.2, -0.15) is 0 Å². The van der Waals surface area contributed by atoms with Crippen LogP contribution in [0.5, 0.6) is 5.75 Å². The predicted octanol–water partition coefficient (Wildman–Crippen LogP) is 2.71. The van der Waals surface area contributed by atoms with Gasteiger partial charge in [0.05, 0.1) is 13.7 Å². The quantitative estimate of drug-likeness (QED) is 0.877. The summed E-state index contributed by atoms with van der Waals surface area (Å²) < 4.78 is 5.44. The molecule has 0 radical (unpaired) electrons. The van der Waals surface area contributed by atoms with Gasteiger partial charge in [0.2, 0.25) is 0 Å². The Balaban J connectivity index is 2.13. The Labute approximate surface area is 139 Å². The summed E-state index contributed by atoms with van der Waals surface area (Å²) in [5.41, 5.74) is 1.06. The fourth-order valence-electron chi connectivity index (χ4n) is 3.02. The molecular formula is C18H29N3O2. The van der Waals surface area contributed by atoms with Crippen molar-refractivity contribution < 1.29 is 9.53 Å². The van der Waals surface area contributed by atoms with E-state index in [2.05, 4.69) is 24.2 Å². The third-order valence-electron chi connectivity index (χ3n) is 4.45. The first-order chi connectivity index (χ1) is 11.2. The predicted molar refractivity (Wildman–Crippen MR) is 92.7 cm³/mol. The molecule has 0 bridgehead atoms. The smallest absolute Gasteiger partial charge is 0.317 e. The number of carbonyl (C=O) groups is 1. The largest absolute Gasteiger partial charge is 0.496 e. The van der Waals surface area contributed by atoms with Gasteiger partial charge in [-0.05, 0) is 45.5 Å². The van der Waals surface area contributed by atoms with E-state index in [0.717, 1.165) is 43.7 Å². The Kier molecular flexibility index (Phi) is 6.71. The number of likely N-dealkylation sites (tertiary alicyclic amines) is 1. The molecule has 0 aromatic heterocycles. The number of amides is 2. The third kappa shape index (κ3) is 4.86. The summed E-state index contributed by atoms with van der Waals surface area (Å²) in [4.78, 5) is 17.0. The number of rotatable bonds is 6. The lowest BCUT2D eigenvalue weighted by atomic mass is 10.0. The van der Waals surface area contributed by atoms with E-state index < -0.39 is 0 Å². The molecule has 1 aromatic rings. The van der Waals surface area contributed by atoms with Crippen molar-refractivity contribution >= 4 is 6.03 Å².